The van der Waals surface area contributed by atoms with Gasteiger partial charge in [0.05, 0.1) is 38.1 Å². The number of ether oxygens (including phenoxy) is 3. The quantitative estimate of drug-likeness (QED) is 0.343. The Kier molecular flexibility index (Phi) is 9.58. The first-order chi connectivity index (χ1) is 13.2. The van der Waals surface area contributed by atoms with E-state index in [0.717, 1.165) is 69.6 Å². The van der Waals surface area contributed by atoms with Gasteiger partial charge in [-0.25, -0.2) is 4.99 Å². The average molecular weight is 382 g/mol. The van der Waals surface area contributed by atoms with E-state index >= 15 is 0 Å². The lowest BCUT2D eigenvalue weighted by Crippen LogP contribution is -2.38. The Labute approximate surface area is 162 Å². The zero-order valence-electron chi connectivity index (χ0n) is 17.2. The molecule has 0 bridgehead atoms. The van der Waals surface area contributed by atoms with Crippen molar-refractivity contribution in [2.75, 3.05) is 46.6 Å². The molecule has 8 heteroatoms. The summed E-state index contributed by atoms with van der Waals surface area (Å²) < 4.78 is 18.3. The third kappa shape index (κ3) is 7.12. The zero-order chi connectivity index (χ0) is 19.5. The second kappa shape index (κ2) is 11.9. The van der Waals surface area contributed by atoms with Gasteiger partial charge in [0.2, 0.25) is 0 Å². The number of aliphatic imine (C=N–C) groups is 1. The average Bonchev–Trinajstić information content (AvgIpc) is 3.26. The molecule has 1 aliphatic heterocycles. The van der Waals surface area contributed by atoms with Crippen molar-refractivity contribution in [3.63, 3.8) is 0 Å². The van der Waals surface area contributed by atoms with Gasteiger partial charge in [0.15, 0.2) is 5.96 Å². The van der Waals surface area contributed by atoms with Crippen LogP contribution >= 0.6 is 0 Å². The first-order valence-electron chi connectivity index (χ1n) is 9.89. The molecule has 1 aliphatic rings. The fraction of sp³-hybridized carbons (Fsp3) is 0.789. The lowest BCUT2D eigenvalue weighted by molar-refractivity contribution is 0.0420. The summed E-state index contributed by atoms with van der Waals surface area (Å²) in [6.07, 6.45) is 2.22. The largest absolute Gasteiger partial charge is 0.383 e. The molecule has 1 aromatic heterocycles. The zero-order valence-corrected chi connectivity index (χ0v) is 17.2. The van der Waals surface area contributed by atoms with Gasteiger partial charge in [-0.2, -0.15) is 5.10 Å². The SMILES string of the molecule is CCNC(=NCc1c(C)nn(CCOC)c1C)NCCCOC1CCOC1. The van der Waals surface area contributed by atoms with E-state index in [1.54, 1.807) is 7.11 Å². The number of methoxy groups -OCH3 is 1. The third-order valence-electron chi connectivity index (χ3n) is 4.63. The van der Waals surface area contributed by atoms with Crippen molar-refractivity contribution in [3.8, 4) is 0 Å². The smallest absolute Gasteiger partial charge is 0.191 e. The maximum Gasteiger partial charge on any atom is 0.191 e. The molecule has 1 aromatic rings. The van der Waals surface area contributed by atoms with Gasteiger partial charge < -0.3 is 24.8 Å². The summed E-state index contributed by atoms with van der Waals surface area (Å²) in [5.41, 5.74) is 3.35. The van der Waals surface area contributed by atoms with E-state index in [1.165, 1.54) is 5.56 Å². The highest BCUT2D eigenvalue weighted by Gasteiger charge is 2.15. The molecule has 1 fully saturated rings. The van der Waals surface area contributed by atoms with Crippen molar-refractivity contribution < 1.29 is 14.2 Å². The maximum atomic E-state index is 5.79. The molecule has 2 heterocycles. The van der Waals surface area contributed by atoms with E-state index in [1.807, 2.05) is 11.6 Å². The second-order valence-corrected chi connectivity index (χ2v) is 6.70. The first kappa shape index (κ1) is 21.7. The third-order valence-corrected chi connectivity index (χ3v) is 4.63. The molecule has 0 radical (unpaired) electrons. The molecule has 0 saturated carbocycles. The minimum Gasteiger partial charge on any atom is -0.383 e. The lowest BCUT2D eigenvalue weighted by atomic mass is 10.2. The summed E-state index contributed by atoms with van der Waals surface area (Å²) in [6.45, 7) is 12.2. The van der Waals surface area contributed by atoms with Crippen LogP contribution in [-0.2, 0) is 27.3 Å². The molecule has 0 aromatic carbocycles. The van der Waals surface area contributed by atoms with Crippen LogP contribution in [0.1, 0.15) is 36.7 Å². The minimum atomic E-state index is 0.271. The van der Waals surface area contributed by atoms with Gasteiger partial charge in [0.1, 0.15) is 0 Å². The van der Waals surface area contributed by atoms with Crippen LogP contribution in [0.25, 0.3) is 0 Å². The van der Waals surface area contributed by atoms with Crippen molar-refractivity contribution in [2.24, 2.45) is 4.99 Å². The van der Waals surface area contributed by atoms with Crippen LogP contribution in [0.5, 0.6) is 0 Å². The van der Waals surface area contributed by atoms with Crippen molar-refractivity contribution >= 4 is 5.96 Å². The van der Waals surface area contributed by atoms with Crippen LogP contribution < -0.4 is 10.6 Å². The number of hydrogen-bond donors (Lipinski definition) is 2. The van der Waals surface area contributed by atoms with Gasteiger partial charge in [-0.1, -0.05) is 0 Å². The predicted octanol–water partition coefficient (Wildman–Crippen LogP) is 1.40. The van der Waals surface area contributed by atoms with E-state index < -0.39 is 0 Å². The summed E-state index contributed by atoms with van der Waals surface area (Å²) in [6, 6.07) is 0. The normalized spacial score (nSPS) is 17.5. The molecular formula is C19H35N5O3. The molecule has 0 amide bonds. The molecule has 0 aliphatic carbocycles. The van der Waals surface area contributed by atoms with Gasteiger partial charge in [-0.15, -0.1) is 0 Å². The molecule has 154 valence electrons. The Morgan fingerprint density at radius 2 is 2.19 bits per heavy atom. The van der Waals surface area contributed by atoms with E-state index in [2.05, 4.69) is 29.6 Å². The first-order valence-corrected chi connectivity index (χ1v) is 9.89. The van der Waals surface area contributed by atoms with Crippen LogP contribution in [0, 0.1) is 13.8 Å². The molecule has 27 heavy (non-hydrogen) atoms. The number of guanidine groups is 1. The fourth-order valence-electron chi connectivity index (χ4n) is 3.03. The van der Waals surface area contributed by atoms with Crippen molar-refractivity contribution in [1.29, 1.82) is 0 Å². The van der Waals surface area contributed by atoms with Crippen molar-refractivity contribution in [1.82, 2.24) is 20.4 Å². The van der Waals surface area contributed by atoms with Crippen LogP contribution in [-0.4, -0.2) is 68.5 Å². The molecule has 1 unspecified atom stereocenters. The second-order valence-electron chi connectivity index (χ2n) is 6.70. The fourth-order valence-corrected chi connectivity index (χ4v) is 3.03. The lowest BCUT2D eigenvalue weighted by Gasteiger charge is -2.13. The summed E-state index contributed by atoms with van der Waals surface area (Å²) in [7, 11) is 1.71. The highest BCUT2D eigenvalue weighted by atomic mass is 16.5. The topological polar surface area (TPSA) is 81.9 Å². The van der Waals surface area contributed by atoms with Crippen molar-refractivity contribution in [3.05, 3.63) is 17.0 Å². The molecule has 8 nitrogen and oxygen atoms in total. The number of nitrogens with one attached hydrogen (secondary N) is 2. The van der Waals surface area contributed by atoms with Gasteiger partial charge in [-0.3, -0.25) is 4.68 Å². The number of rotatable bonds is 11. The Hall–Kier alpha value is -1.64. The molecule has 2 rings (SSSR count). The van der Waals surface area contributed by atoms with Crippen molar-refractivity contribution in [2.45, 2.75) is 52.8 Å². The Morgan fingerprint density at radius 3 is 2.89 bits per heavy atom. The maximum absolute atomic E-state index is 5.79. The van der Waals surface area contributed by atoms with Crippen LogP contribution in [0.15, 0.2) is 4.99 Å². The van der Waals surface area contributed by atoms with Crippen LogP contribution in [0.4, 0.5) is 0 Å². The van der Waals surface area contributed by atoms with E-state index in [4.69, 9.17) is 19.2 Å². The van der Waals surface area contributed by atoms with Gasteiger partial charge in [0, 0.05) is 44.7 Å². The predicted molar refractivity (Wildman–Crippen MR) is 106 cm³/mol. The van der Waals surface area contributed by atoms with Crippen LogP contribution in [0.2, 0.25) is 0 Å². The summed E-state index contributed by atoms with van der Waals surface area (Å²) in [5.74, 6) is 0.824. The summed E-state index contributed by atoms with van der Waals surface area (Å²) >= 11 is 0. The highest BCUT2D eigenvalue weighted by molar-refractivity contribution is 5.79. The number of nitrogens with zero attached hydrogens (tertiary/aromatic N) is 3. The number of aryl methyl sites for hydroxylation is 1. The Bertz CT molecular complexity index is 582. The Balaban J connectivity index is 1.80. The van der Waals surface area contributed by atoms with E-state index in [9.17, 15) is 0 Å². The van der Waals surface area contributed by atoms with Gasteiger partial charge >= 0.3 is 0 Å². The van der Waals surface area contributed by atoms with Crippen LogP contribution in [0.3, 0.4) is 0 Å². The summed E-state index contributed by atoms with van der Waals surface area (Å²) in [5, 5.41) is 11.3. The summed E-state index contributed by atoms with van der Waals surface area (Å²) in [4.78, 5) is 4.72. The number of aromatic nitrogens is 2. The Morgan fingerprint density at radius 1 is 1.33 bits per heavy atom. The monoisotopic (exact) mass is 381 g/mol. The number of hydrogen-bond acceptors (Lipinski definition) is 5. The van der Waals surface area contributed by atoms with E-state index in [-0.39, 0.29) is 6.10 Å². The van der Waals surface area contributed by atoms with E-state index in [0.29, 0.717) is 13.2 Å². The molecule has 1 saturated heterocycles. The highest BCUT2D eigenvalue weighted by Crippen LogP contribution is 2.14. The minimum absolute atomic E-state index is 0.271. The molecular weight excluding hydrogens is 346 g/mol. The molecule has 2 N–H and O–H groups in total. The molecule has 0 spiro atoms. The molecule has 1 atom stereocenters. The standard InChI is InChI=1S/C19H35N5O3/c1-5-20-19(21-8-6-10-27-17-7-11-26-14-17)22-13-18-15(2)23-24(16(18)3)9-12-25-4/h17H,5-14H2,1-4H3,(H2,20,21,22). The van der Waals surface area contributed by atoms with Gasteiger partial charge in [-0.05, 0) is 33.6 Å². The van der Waals surface area contributed by atoms with Gasteiger partial charge in [0.25, 0.3) is 0 Å².